The number of fused-ring (bicyclic) bond motifs is 3. The second-order valence-electron chi connectivity index (χ2n) is 4.99. The van der Waals surface area contributed by atoms with Gasteiger partial charge >= 0.3 is 0 Å². The van der Waals surface area contributed by atoms with E-state index in [1.807, 2.05) is 24.3 Å². The number of rotatable bonds is 4. The van der Waals surface area contributed by atoms with Crippen molar-refractivity contribution in [1.29, 1.82) is 0 Å². The predicted octanol–water partition coefficient (Wildman–Crippen LogP) is 2.82. The van der Waals surface area contributed by atoms with E-state index in [0.29, 0.717) is 22.7 Å². The van der Waals surface area contributed by atoms with E-state index in [9.17, 15) is 4.79 Å². The van der Waals surface area contributed by atoms with E-state index < -0.39 is 0 Å². The molecule has 0 saturated heterocycles. The highest BCUT2D eigenvalue weighted by atomic mass is 32.1. The molecule has 0 N–H and O–H groups in total. The summed E-state index contributed by atoms with van der Waals surface area (Å²) in [7, 11) is 0. The zero-order chi connectivity index (χ0) is 14.8. The van der Waals surface area contributed by atoms with Crippen molar-refractivity contribution in [2.24, 2.45) is 0 Å². The molecule has 0 bridgehead atoms. The molecular formula is C15H16N4OS. The molecule has 0 aliphatic carbocycles. The Kier molecular flexibility index (Phi) is 3.88. The van der Waals surface area contributed by atoms with Crippen LogP contribution in [0.15, 0.2) is 34.2 Å². The molecule has 21 heavy (non-hydrogen) atoms. The zero-order valence-electron chi connectivity index (χ0n) is 11.8. The molecule has 0 aliphatic rings. The van der Waals surface area contributed by atoms with Crippen LogP contribution < -0.4 is 5.56 Å². The molecule has 0 spiro atoms. The standard InChI is InChI=1S/C15H16N4OS/c1-2-3-6-9-19-14(20)13-12(16-15(19)21)10-7-4-5-8-11(10)17-18-13/h4-5,7-8H,2-3,6,9H2,1H3,(H,16,21). The van der Waals surface area contributed by atoms with Crippen LogP contribution in [0.4, 0.5) is 0 Å². The van der Waals surface area contributed by atoms with Gasteiger partial charge in [-0.05, 0) is 12.5 Å². The topological polar surface area (TPSA) is 60.7 Å². The first-order valence-corrected chi connectivity index (χ1v) is 7.52. The number of aromatic nitrogens is 4. The molecule has 0 unspecified atom stereocenters. The summed E-state index contributed by atoms with van der Waals surface area (Å²) in [6.07, 6.45) is 3.10. The first-order chi connectivity index (χ1) is 10.2. The van der Waals surface area contributed by atoms with Gasteiger partial charge in [-0.2, -0.15) is 0 Å². The Bertz CT molecular complexity index is 859. The highest BCUT2D eigenvalue weighted by molar-refractivity contribution is 7.80. The summed E-state index contributed by atoms with van der Waals surface area (Å²) in [6.45, 7) is 2.74. The van der Waals surface area contributed by atoms with Crippen molar-refractivity contribution in [1.82, 2.24) is 19.7 Å². The van der Waals surface area contributed by atoms with E-state index in [4.69, 9.17) is 0 Å². The first-order valence-electron chi connectivity index (χ1n) is 7.07. The Balaban J connectivity index is 2.21. The maximum atomic E-state index is 12.6. The van der Waals surface area contributed by atoms with Gasteiger partial charge < -0.3 is 0 Å². The minimum atomic E-state index is -0.167. The minimum Gasteiger partial charge on any atom is -0.286 e. The highest BCUT2D eigenvalue weighted by Crippen LogP contribution is 2.19. The average molecular weight is 300 g/mol. The monoisotopic (exact) mass is 300 g/mol. The lowest BCUT2D eigenvalue weighted by Crippen LogP contribution is -2.24. The summed E-state index contributed by atoms with van der Waals surface area (Å²) < 4.78 is 1.57. The van der Waals surface area contributed by atoms with Gasteiger partial charge in [0.1, 0.15) is 5.52 Å². The average Bonchev–Trinajstić information content (AvgIpc) is 2.50. The summed E-state index contributed by atoms with van der Waals surface area (Å²) in [5.41, 5.74) is 1.44. The number of hydrogen-bond acceptors (Lipinski definition) is 5. The molecular weight excluding hydrogens is 284 g/mol. The lowest BCUT2D eigenvalue weighted by molar-refractivity contribution is 0.542. The SMILES string of the molecule is CCCCCn1c(S)nc2c(nnc3ccccc32)c1=O. The molecule has 2 aromatic heterocycles. The minimum absolute atomic E-state index is 0.167. The van der Waals surface area contributed by atoms with Crippen LogP contribution in [0.5, 0.6) is 0 Å². The summed E-state index contributed by atoms with van der Waals surface area (Å²) in [5.74, 6) is 0. The summed E-state index contributed by atoms with van der Waals surface area (Å²) >= 11 is 4.37. The smallest absolute Gasteiger partial charge is 0.282 e. The molecule has 0 fully saturated rings. The van der Waals surface area contributed by atoms with Crippen LogP contribution in [0.3, 0.4) is 0 Å². The largest absolute Gasteiger partial charge is 0.286 e. The fourth-order valence-electron chi connectivity index (χ4n) is 2.40. The van der Waals surface area contributed by atoms with Crippen molar-refractivity contribution in [3.8, 4) is 0 Å². The molecule has 0 amide bonds. The Labute approximate surface area is 127 Å². The number of thiol groups is 1. The molecule has 0 atom stereocenters. The van der Waals surface area contributed by atoms with Crippen molar-refractivity contribution in [2.45, 2.75) is 37.9 Å². The van der Waals surface area contributed by atoms with Crippen LogP contribution >= 0.6 is 12.6 Å². The van der Waals surface area contributed by atoms with E-state index in [0.717, 1.165) is 30.2 Å². The third-order valence-electron chi connectivity index (χ3n) is 3.53. The number of unbranched alkanes of at least 4 members (excludes halogenated alkanes) is 2. The molecule has 6 heteroatoms. The molecule has 5 nitrogen and oxygen atoms in total. The Morgan fingerprint density at radius 1 is 1.14 bits per heavy atom. The Morgan fingerprint density at radius 2 is 1.95 bits per heavy atom. The first kappa shape index (κ1) is 14.0. The van der Waals surface area contributed by atoms with Gasteiger partial charge in [0.2, 0.25) is 0 Å². The van der Waals surface area contributed by atoms with E-state index in [1.54, 1.807) is 4.57 Å². The lowest BCUT2D eigenvalue weighted by Gasteiger charge is -2.09. The second-order valence-corrected chi connectivity index (χ2v) is 5.39. The fraction of sp³-hybridized carbons (Fsp3) is 0.333. The maximum absolute atomic E-state index is 12.6. The third kappa shape index (κ3) is 2.51. The van der Waals surface area contributed by atoms with Gasteiger partial charge in [-0.15, -0.1) is 22.8 Å². The molecule has 0 radical (unpaired) electrons. The number of benzene rings is 1. The van der Waals surface area contributed by atoms with Crippen LogP contribution in [0.25, 0.3) is 21.9 Å². The third-order valence-corrected chi connectivity index (χ3v) is 3.87. The van der Waals surface area contributed by atoms with Gasteiger partial charge in [-0.3, -0.25) is 9.36 Å². The zero-order valence-corrected chi connectivity index (χ0v) is 12.7. The van der Waals surface area contributed by atoms with Gasteiger partial charge in [0.05, 0.1) is 5.52 Å². The maximum Gasteiger partial charge on any atom is 0.282 e. The van der Waals surface area contributed by atoms with E-state index in [2.05, 4.69) is 34.7 Å². The van der Waals surface area contributed by atoms with E-state index >= 15 is 0 Å². The predicted molar refractivity (Wildman–Crippen MR) is 85.9 cm³/mol. The van der Waals surface area contributed by atoms with Crippen molar-refractivity contribution < 1.29 is 0 Å². The van der Waals surface area contributed by atoms with Crippen LogP contribution in [0.2, 0.25) is 0 Å². The van der Waals surface area contributed by atoms with Crippen molar-refractivity contribution in [3.63, 3.8) is 0 Å². The lowest BCUT2D eigenvalue weighted by atomic mass is 10.2. The van der Waals surface area contributed by atoms with Gasteiger partial charge in [-0.25, -0.2) is 4.98 Å². The van der Waals surface area contributed by atoms with Crippen LogP contribution in [0.1, 0.15) is 26.2 Å². The Hall–Kier alpha value is -1.95. The van der Waals surface area contributed by atoms with Crippen LogP contribution in [-0.2, 0) is 6.54 Å². The Morgan fingerprint density at radius 3 is 2.76 bits per heavy atom. The van der Waals surface area contributed by atoms with Crippen molar-refractivity contribution >= 4 is 34.6 Å². The molecule has 0 aliphatic heterocycles. The van der Waals surface area contributed by atoms with Gasteiger partial charge in [0.15, 0.2) is 10.7 Å². The van der Waals surface area contributed by atoms with E-state index in [1.165, 1.54) is 0 Å². The van der Waals surface area contributed by atoms with Gasteiger partial charge in [0.25, 0.3) is 5.56 Å². The van der Waals surface area contributed by atoms with Gasteiger partial charge in [-0.1, -0.05) is 38.0 Å². The van der Waals surface area contributed by atoms with Crippen molar-refractivity contribution in [3.05, 3.63) is 34.6 Å². The van der Waals surface area contributed by atoms with Crippen molar-refractivity contribution in [2.75, 3.05) is 0 Å². The second kappa shape index (κ2) is 5.81. The summed E-state index contributed by atoms with van der Waals surface area (Å²) in [6, 6.07) is 7.54. The molecule has 108 valence electrons. The molecule has 3 aromatic rings. The molecule has 0 saturated carbocycles. The highest BCUT2D eigenvalue weighted by Gasteiger charge is 2.13. The summed E-state index contributed by atoms with van der Waals surface area (Å²) in [5, 5.41) is 9.43. The number of hydrogen-bond donors (Lipinski definition) is 1. The van der Waals surface area contributed by atoms with Gasteiger partial charge in [0, 0.05) is 11.9 Å². The number of nitrogens with zero attached hydrogens (tertiary/aromatic N) is 4. The normalized spacial score (nSPS) is 11.3. The van der Waals surface area contributed by atoms with Crippen LogP contribution in [0, 0.1) is 0 Å². The summed E-state index contributed by atoms with van der Waals surface area (Å²) in [4.78, 5) is 17.0. The fourth-order valence-corrected chi connectivity index (χ4v) is 2.69. The van der Waals surface area contributed by atoms with E-state index in [-0.39, 0.29) is 5.56 Å². The van der Waals surface area contributed by atoms with Crippen LogP contribution in [-0.4, -0.2) is 19.7 Å². The molecule has 3 rings (SSSR count). The quantitative estimate of drug-likeness (QED) is 0.348. The molecule has 2 heterocycles. The molecule has 1 aromatic carbocycles.